The van der Waals surface area contributed by atoms with Crippen molar-refractivity contribution in [1.29, 1.82) is 0 Å². The molecular weight excluding hydrogens is 386 g/mol. The predicted molar refractivity (Wildman–Crippen MR) is 116 cm³/mol. The van der Waals surface area contributed by atoms with Crippen molar-refractivity contribution in [2.75, 3.05) is 19.0 Å². The Hall–Kier alpha value is -2.77. The van der Waals surface area contributed by atoms with Crippen molar-refractivity contribution in [3.8, 4) is 0 Å². The molecular formula is C22H25N3O3S. The minimum atomic E-state index is -0.186. The van der Waals surface area contributed by atoms with E-state index in [1.54, 1.807) is 7.11 Å². The van der Waals surface area contributed by atoms with Gasteiger partial charge in [-0.1, -0.05) is 42.5 Å². The Kier molecular flexibility index (Phi) is 6.95. The molecule has 0 saturated carbocycles. The lowest BCUT2D eigenvalue weighted by Crippen LogP contribution is -2.19. The van der Waals surface area contributed by atoms with Gasteiger partial charge in [-0.05, 0) is 35.7 Å². The molecule has 0 aliphatic rings. The van der Waals surface area contributed by atoms with Crippen molar-refractivity contribution < 1.29 is 14.3 Å². The lowest BCUT2D eigenvalue weighted by molar-refractivity contribution is -0.117. The highest BCUT2D eigenvalue weighted by atomic mass is 32.1. The smallest absolute Gasteiger partial charge is 0.252 e. The maximum absolute atomic E-state index is 12.6. The SMILES string of the molecule is CCc1ccc(CC(=O)N=c2sc3cc(NC(C)=O)ccc3n2CCOC)cc1. The van der Waals surface area contributed by atoms with Crippen LogP contribution in [0.5, 0.6) is 0 Å². The van der Waals surface area contributed by atoms with Crippen LogP contribution in [0.4, 0.5) is 5.69 Å². The van der Waals surface area contributed by atoms with Crippen LogP contribution in [0.15, 0.2) is 47.5 Å². The summed E-state index contributed by atoms with van der Waals surface area (Å²) in [5.74, 6) is -0.309. The summed E-state index contributed by atoms with van der Waals surface area (Å²) in [5, 5.41) is 2.79. The Morgan fingerprint density at radius 2 is 1.86 bits per heavy atom. The lowest BCUT2D eigenvalue weighted by Gasteiger charge is -2.05. The zero-order valence-electron chi connectivity index (χ0n) is 16.9. The molecule has 0 spiro atoms. The zero-order chi connectivity index (χ0) is 20.8. The summed E-state index contributed by atoms with van der Waals surface area (Å²) < 4.78 is 8.15. The van der Waals surface area contributed by atoms with Gasteiger partial charge in [-0.25, -0.2) is 0 Å². The van der Waals surface area contributed by atoms with Gasteiger partial charge in [0.05, 0.1) is 23.2 Å². The highest BCUT2D eigenvalue weighted by molar-refractivity contribution is 7.16. The molecule has 1 aromatic heterocycles. The standard InChI is InChI=1S/C22H25N3O3S/c1-4-16-5-7-17(8-6-16)13-21(27)24-22-25(11-12-28-3)19-10-9-18(23-15(2)26)14-20(19)29-22/h5-10,14H,4,11-13H2,1-3H3,(H,23,26). The normalized spacial score (nSPS) is 11.8. The van der Waals surface area contributed by atoms with Gasteiger partial charge in [0, 0.05) is 26.3 Å². The van der Waals surface area contributed by atoms with E-state index in [1.807, 2.05) is 47.0 Å². The quantitative estimate of drug-likeness (QED) is 0.646. The second kappa shape index (κ2) is 9.62. The molecule has 0 radical (unpaired) electrons. The lowest BCUT2D eigenvalue weighted by atomic mass is 10.1. The summed E-state index contributed by atoms with van der Waals surface area (Å²) in [7, 11) is 1.64. The molecule has 152 valence electrons. The second-order valence-corrected chi connectivity index (χ2v) is 7.75. The number of hydrogen-bond acceptors (Lipinski definition) is 4. The van der Waals surface area contributed by atoms with Crippen molar-refractivity contribution in [1.82, 2.24) is 4.57 Å². The molecule has 0 aliphatic carbocycles. The van der Waals surface area contributed by atoms with Crippen LogP contribution in [0.1, 0.15) is 25.0 Å². The summed E-state index contributed by atoms with van der Waals surface area (Å²) in [4.78, 5) is 28.9. The van der Waals surface area contributed by atoms with Crippen molar-refractivity contribution in [3.05, 3.63) is 58.4 Å². The van der Waals surface area contributed by atoms with Gasteiger partial charge in [-0.2, -0.15) is 4.99 Å². The molecule has 3 aromatic rings. The van der Waals surface area contributed by atoms with E-state index in [9.17, 15) is 9.59 Å². The van der Waals surface area contributed by atoms with Crippen LogP contribution in [-0.4, -0.2) is 30.1 Å². The first-order chi connectivity index (χ1) is 14.0. The number of aromatic nitrogens is 1. The van der Waals surface area contributed by atoms with Crippen LogP contribution in [0.2, 0.25) is 0 Å². The van der Waals surface area contributed by atoms with E-state index >= 15 is 0 Å². The number of ether oxygens (including phenoxy) is 1. The van der Waals surface area contributed by atoms with Crippen LogP contribution in [0.3, 0.4) is 0 Å². The third-order valence-electron chi connectivity index (χ3n) is 4.53. The van der Waals surface area contributed by atoms with E-state index in [0.29, 0.717) is 18.0 Å². The number of anilines is 1. The number of carbonyl (C=O) groups is 2. The first-order valence-electron chi connectivity index (χ1n) is 9.55. The fourth-order valence-corrected chi connectivity index (χ4v) is 4.16. The second-order valence-electron chi connectivity index (χ2n) is 6.75. The number of hydrogen-bond donors (Lipinski definition) is 1. The fraction of sp³-hybridized carbons (Fsp3) is 0.318. The number of benzene rings is 2. The van der Waals surface area contributed by atoms with Crippen LogP contribution in [0, 0.1) is 0 Å². The first-order valence-corrected chi connectivity index (χ1v) is 10.4. The Morgan fingerprint density at radius 1 is 1.14 bits per heavy atom. The van der Waals surface area contributed by atoms with E-state index in [-0.39, 0.29) is 18.2 Å². The number of rotatable bonds is 7. The number of carbonyl (C=O) groups excluding carboxylic acids is 2. The third-order valence-corrected chi connectivity index (χ3v) is 5.57. The maximum atomic E-state index is 12.6. The minimum absolute atomic E-state index is 0.123. The number of fused-ring (bicyclic) bond motifs is 1. The van der Waals surface area contributed by atoms with Gasteiger partial charge >= 0.3 is 0 Å². The zero-order valence-corrected chi connectivity index (χ0v) is 17.7. The Morgan fingerprint density at radius 3 is 2.52 bits per heavy atom. The fourth-order valence-electron chi connectivity index (χ4n) is 3.05. The molecule has 1 heterocycles. The molecule has 2 amide bonds. The van der Waals surface area contributed by atoms with Gasteiger partial charge < -0.3 is 14.6 Å². The van der Waals surface area contributed by atoms with E-state index in [2.05, 4.69) is 17.2 Å². The maximum Gasteiger partial charge on any atom is 0.252 e. The molecule has 1 N–H and O–H groups in total. The van der Waals surface area contributed by atoms with Crippen molar-refractivity contribution in [2.24, 2.45) is 4.99 Å². The van der Waals surface area contributed by atoms with E-state index in [0.717, 1.165) is 27.9 Å². The number of nitrogens with zero attached hydrogens (tertiary/aromatic N) is 2. The first kappa shape index (κ1) is 21.0. The average molecular weight is 412 g/mol. The molecule has 29 heavy (non-hydrogen) atoms. The summed E-state index contributed by atoms with van der Waals surface area (Å²) in [6, 6.07) is 13.7. The molecule has 3 rings (SSSR count). The largest absolute Gasteiger partial charge is 0.383 e. The number of thiazole rings is 1. The molecule has 7 heteroatoms. The molecule has 0 fully saturated rings. The molecule has 0 atom stereocenters. The summed E-state index contributed by atoms with van der Waals surface area (Å²) in [6.45, 7) is 4.68. The van der Waals surface area contributed by atoms with Gasteiger partial charge in [0.1, 0.15) is 0 Å². The van der Waals surface area contributed by atoms with Crippen LogP contribution in [-0.2, 0) is 33.7 Å². The average Bonchev–Trinajstić information content (AvgIpc) is 3.02. The minimum Gasteiger partial charge on any atom is -0.383 e. The number of amides is 2. The van der Waals surface area contributed by atoms with Gasteiger partial charge in [0.25, 0.3) is 5.91 Å². The Balaban J connectivity index is 1.93. The van der Waals surface area contributed by atoms with E-state index in [1.165, 1.54) is 23.8 Å². The Bertz CT molecular complexity index is 1080. The molecule has 2 aromatic carbocycles. The molecule has 6 nitrogen and oxygen atoms in total. The number of methoxy groups -OCH3 is 1. The monoisotopic (exact) mass is 411 g/mol. The van der Waals surface area contributed by atoms with Gasteiger partial charge in [0.15, 0.2) is 4.80 Å². The third kappa shape index (κ3) is 5.40. The number of nitrogens with one attached hydrogen (secondary N) is 1. The van der Waals surface area contributed by atoms with E-state index < -0.39 is 0 Å². The topological polar surface area (TPSA) is 72.7 Å². The summed E-state index contributed by atoms with van der Waals surface area (Å²) in [5.41, 5.74) is 3.88. The molecule has 0 bridgehead atoms. The number of aryl methyl sites for hydroxylation is 1. The highest BCUT2D eigenvalue weighted by Gasteiger charge is 2.10. The molecule has 0 saturated heterocycles. The van der Waals surface area contributed by atoms with Crippen LogP contribution in [0.25, 0.3) is 10.2 Å². The predicted octanol–water partition coefficient (Wildman–Crippen LogP) is 3.54. The summed E-state index contributed by atoms with van der Waals surface area (Å²) in [6.07, 6.45) is 1.24. The highest BCUT2D eigenvalue weighted by Crippen LogP contribution is 2.22. The van der Waals surface area contributed by atoms with Crippen molar-refractivity contribution in [2.45, 2.75) is 33.2 Å². The van der Waals surface area contributed by atoms with Gasteiger partial charge in [0.2, 0.25) is 5.91 Å². The van der Waals surface area contributed by atoms with Crippen molar-refractivity contribution in [3.63, 3.8) is 0 Å². The van der Waals surface area contributed by atoms with Gasteiger partial charge in [-0.15, -0.1) is 0 Å². The summed E-state index contributed by atoms with van der Waals surface area (Å²) >= 11 is 1.43. The molecule has 0 aliphatic heterocycles. The van der Waals surface area contributed by atoms with E-state index in [4.69, 9.17) is 4.74 Å². The Labute approximate surface area is 173 Å². The van der Waals surface area contributed by atoms with Crippen molar-refractivity contribution >= 4 is 39.1 Å². The van der Waals surface area contributed by atoms with Crippen LogP contribution >= 0.6 is 11.3 Å². The van der Waals surface area contributed by atoms with Crippen LogP contribution < -0.4 is 10.1 Å². The van der Waals surface area contributed by atoms with Gasteiger partial charge in [-0.3, -0.25) is 9.59 Å². The molecule has 0 unspecified atom stereocenters.